The predicted octanol–water partition coefficient (Wildman–Crippen LogP) is 5.47. The van der Waals surface area contributed by atoms with E-state index < -0.39 is 24.0 Å². The molecule has 1 amide bonds. The van der Waals surface area contributed by atoms with Crippen LogP contribution < -0.4 is 9.64 Å². The van der Waals surface area contributed by atoms with Crippen molar-refractivity contribution < 1.29 is 31.8 Å². The van der Waals surface area contributed by atoms with Gasteiger partial charge < -0.3 is 14.5 Å². The minimum absolute atomic E-state index is 0. The normalized spacial score (nSPS) is 23.0. The van der Waals surface area contributed by atoms with E-state index in [0.717, 1.165) is 0 Å². The number of anilines is 1. The standard InChI is InChI=1S/C21H18F4N4O3.ClH/c22-16-2-1-3-17(28-16)29-11-20(32-19(29)30)8-6-12(7-9-20)18-26-14-5-4-13(10-15(14)27-18)31-21(23,24)25;/h1-5,10,12H,6-9,11H2,(H,26,27);1H. The summed E-state index contributed by atoms with van der Waals surface area (Å²) in [6, 6.07) is 8.23. The number of alkyl halides is 3. The first-order valence-electron chi connectivity index (χ1n) is 10.1. The highest BCUT2D eigenvalue weighted by Crippen LogP contribution is 2.43. The Hall–Kier alpha value is -3.08. The van der Waals surface area contributed by atoms with Crippen molar-refractivity contribution in [3.05, 3.63) is 48.2 Å². The fourth-order valence-electron chi connectivity index (χ4n) is 4.42. The van der Waals surface area contributed by atoms with Crippen LogP contribution in [0, 0.1) is 5.95 Å². The number of carbonyl (C=O) groups excluding carboxylic acids is 1. The first-order valence-corrected chi connectivity index (χ1v) is 10.1. The second-order valence-corrected chi connectivity index (χ2v) is 8.08. The molecule has 2 fully saturated rings. The maximum atomic E-state index is 13.5. The van der Waals surface area contributed by atoms with Gasteiger partial charge in [-0.15, -0.1) is 25.6 Å². The second kappa shape index (κ2) is 8.36. The third kappa shape index (κ3) is 4.68. The van der Waals surface area contributed by atoms with Crippen LogP contribution in [0.1, 0.15) is 37.4 Å². The molecule has 176 valence electrons. The number of hydrogen-bond acceptors (Lipinski definition) is 5. The molecule has 0 unspecified atom stereocenters. The number of H-pyrrole nitrogens is 1. The van der Waals surface area contributed by atoms with Crippen molar-refractivity contribution in [2.45, 2.75) is 43.6 Å². The van der Waals surface area contributed by atoms with Crippen molar-refractivity contribution in [1.29, 1.82) is 0 Å². The molecule has 1 aliphatic heterocycles. The summed E-state index contributed by atoms with van der Waals surface area (Å²) in [6.45, 7) is 0.285. The molecule has 12 heteroatoms. The van der Waals surface area contributed by atoms with Crippen LogP contribution in [0.4, 0.5) is 28.2 Å². The van der Waals surface area contributed by atoms with Gasteiger partial charge in [0.05, 0.1) is 17.6 Å². The highest BCUT2D eigenvalue weighted by Gasteiger charge is 2.48. The molecule has 5 rings (SSSR count). The average molecular weight is 487 g/mol. The SMILES string of the molecule is Cl.O=C1OC2(CCC(c3nc4cc(OC(F)(F)F)ccc4[nH]3)CC2)CN1c1cccc(F)n1. The van der Waals surface area contributed by atoms with E-state index in [4.69, 9.17) is 4.74 Å². The lowest BCUT2D eigenvalue weighted by molar-refractivity contribution is -0.274. The van der Waals surface area contributed by atoms with Crippen LogP contribution >= 0.6 is 12.4 Å². The van der Waals surface area contributed by atoms with E-state index in [1.165, 1.54) is 35.2 Å². The van der Waals surface area contributed by atoms with Gasteiger partial charge in [-0.05, 0) is 49.9 Å². The van der Waals surface area contributed by atoms with Gasteiger partial charge in [0.25, 0.3) is 0 Å². The number of halogens is 5. The van der Waals surface area contributed by atoms with Gasteiger partial charge in [0.1, 0.15) is 23.0 Å². The van der Waals surface area contributed by atoms with Crippen LogP contribution in [0.25, 0.3) is 11.0 Å². The minimum Gasteiger partial charge on any atom is -0.441 e. The Labute approximate surface area is 191 Å². The van der Waals surface area contributed by atoms with E-state index in [2.05, 4.69) is 19.7 Å². The molecular weight excluding hydrogens is 468 g/mol. The summed E-state index contributed by atoms with van der Waals surface area (Å²) in [5, 5.41) is 0. The highest BCUT2D eigenvalue weighted by molar-refractivity contribution is 5.89. The lowest BCUT2D eigenvalue weighted by atomic mass is 9.78. The number of carbonyl (C=O) groups is 1. The fourth-order valence-corrected chi connectivity index (χ4v) is 4.42. The number of aromatic amines is 1. The average Bonchev–Trinajstić information content (AvgIpc) is 3.28. The predicted molar refractivity (Wildman–Crippen MR) is 112 cm³/mol. The molecule has 3 aromatic rings. The summed E-state index contributed by atoms with van der Waals surface area (Å²) >= 11 is 0. The number of nitrogens with zero attached hydrogens (tertiary/aromatic N) is 3. The van der Waals surface area contributed by atoms with Gasteiger partial charge in [-0.1, -0.05) is 6.07 Å². The van der Waals surface area contributed by atoms with E-state index in [0.29, 0.717) is 42.5 Å². The zero-order valence-corrected chi connectivity index (χ0v) is 17.9. The van der Waals surface area contributed by atoms with Gasteiger partial charge in [-0.3, -0.25) is 4.90 Å². The van der Waals surface area contributed by atoms with E-state index in [-0.39, 0.29) is 36.4 Å². The third-order valence-corrected chi connectivity index (χ3v) is 5.94. The van der Waals surface area contributed by atoms with E-state index >= 15 is 0 Å². The molecule has 1 N–H and O–H groups in total. The Morgan fingerprint density at radius 3 is 2.61 bits per heavy atom. The number of imidazole rings is 1. The molecule has 33 heavy (non-hydrogen) atoms. The summed E-state index contributed by atoms with van der Waals surface area (Å²) in [6.07, 6.45) is -2.82. The zero-order chi connectivity index (χ0) is 22.5. The number of rotatable bonds is 3. The quantitative estimate of drug-likeness (QED) is 0.392. The molecule has 1 aromatic carbocycles. The highest BCUT2D eigenvalue weighted by atomic mass is 35.5. The van der Waals surface area contributed by atoms with Gasteiger partial charge in [-0.2, -0.15) is 4.39 Å². The van der Waals surface area contributed by atoms with Crippen molar-refractivity contribution in [1.82, 2.24) is 15.0 Å². The summed E-state index contributed by atoms with van der Waals surface area (Å²) < 4.78 is 60.4. The first-order chi connectivity index (χ1) is 15.2. The summed E-state index contributed by atoms with van der Waals surface area (Å²) in [5.74, 6) is -0.0709. The van der Waals surface area contributed by atoms with Crippen molar-refractivity contribution in [2.75, 3.05) is 11.4 Å². The molecule has 2 aliphatic rings. The second-order valence-electron chi connectivity index (χ2n) is 8.08. The van der Waals surface area contributed by atoms with E-state index in [9.17, 15) is 22.4 Å². The molecule has 0 radical (unpaired) electrons. The van der Waals surface area contributed by atoms with Crippen LogP contribution in [0.3, 0.4) is 0 Å². The van der Waals surface area contributed by atoms with Gasteiger partial charge in [0.2, 0.25) is 5.95 Å². The summed E-state index contributed by atoms with van der Waals surface area (Å²) in [5.41, 5.74) is 0.324. The molecule has 0 atom stereocenters. The number of benzene rings is 1. The number of fused-ring (bicyclic) bond motifs is 1. The molecule has 0 bridgehead atoms. The lowest BCUT2D eigenvalue weighted by Gasteiger charge is -2.34. The lowest BCUT2D eigenvalue weighted by Crippen LogP contribution is -2.38. The molecule has 2 aromatic heterocycles. The van der Waals surface area contributed by atoms with Crippen LogP contribution in [-0.2, 0) is 4.74 Å². The molecule has 1 saturated carbocycles. The van der Waals surface area contributed by atoms with Crippen molar-refractivity contribution in [3.8, 4) is 5.75 Å². The maximum absolute atomic E-state index is 13.5. The number of pyridine rings is 1. The number of aromatic nitrogens is 3. The van der Waals surface area contributed by atoms with Crippen LogP contribution in [0.15, 0.2) is 36.4 Å². The third-order valence-electron chi connectivity index (χ3n) is 5.94. The Morgan fingerprint density at radius 1 is 1.15 bits per heavy atom. The Bertz CT molecular complexity index is 1180. The Morgan fingerprint density at radius 2 is 1.91 bits per heavy atom. The molecule has 1 aliphatic carbocycles. The topological polar surface area (TPSA) is 80.3 Å². The minimum atomic E-state index is -4.77. The number of ether oxygens (including phenoxy) is 2. The smallest absolute Gasteiger partial charge is 0.441 e. The van der Waals surface area contributed by atoms with E-state index in [1.54, 1.807) is 6.07 Å². The molecular formula is C21H19ClF4N4O3. The molecule has 1 saturated heterocycles. The van der Waals surface area contributed by atoms with Crippen molar-refractivity contribution in [3.63, 3.8) is 0 Å². The number of nitrogens with one attached hydrogen (secondary N) is 1. The Balaban J connectivity index is 0.00000259. The van der Waals surface area contributed by atoms with Gasteiger partial charge in [0, 0.05) is 12.0 Å². The summed E-state index contributed by atoms with van der Waals surface area (Å²) in [7, 11) is 0. The maximum Gasteiger partial charge on any atom is 0.573 e. The fraction of sp³-hybridized carbons (Fsp3) is 0.381. The van der Waals surface area contributed by atoms with Crippen molar-refractivity contribution in [2.24, 2.45) is 0 Å². The van der Waals surface area contributed by atoms with Crippen LogP contribution in [-0.4, -0.2) is 39.6 Å². The van der Waals surface area contributed by atoms with Gasteiger partial charge in [0.15, 0.2) is 0 Å². The monoisotopic (exact) mass is 486 g/mol. The largest absolute Gasteiger partial charge is 0.573 e. The van der Waals surface area contributed by atoms with Crippen LogP contribution in [0.5, 0.6) is 5.75 Å². The summed E-state index contributed by atoms with van der Waals surface area (Å²) in [4.78, 5) is 25.1. The Kier molecular flexibility index (Phi) is 5.85. The van der Waals surface area contributed by atoms with Crippen LogP contribution in [0.2, 0.25) is 0 Å². The zero-order valence-electron chi connectivity index (χ0n) is 17.1. The molecule has 3 heterocycles. The molecule has 1 spiro atoms. The number of amides is 1. The van der Waals surface area contributed by atoms with E-state index in [1.807, 2.05) is 0 Å². The number of hydrogen-bond donors (Lipinski definition) is 1. The molecule has 7 nitrogen and oxygen atoms in total. The van der Waals surface area contributed by atoms with Gasteiger partial charge in [-0.25, -0.2) is 14.8 Å². The first kappa shape index (κ1) is 23.1. The van der Waals surface area contributed by atoms with Crippen molar-refractivity contribution >= 4 is 35.4 Å². The van der Waals surface area contributed by atoms with Gasteiger partial charge >= 0.3 is 12.5 Å².